The lowest BCUT2D eigenvalue weighted by atomic mass is 9.87. The molecule has 0 bridgehead atoms. The van der Waals surface area contributed by atoms with Gasteiger partial charge >= 0.3 is 0 Å². The van der Waals surface area contributed by atoms with Gasteiger partial charge in [0.2, 0.25) is 5.91 Å². The van der Waals surface area contributed by atoms with E-state index in [2.05, 4.69) is 10.6 Å². The zero-order valence-corrected chi connectivity index (χ0v) is 11.3. The minimum atomic E-state index is -0.531. The SMILES string of the molecule is COCC1(C(=O)Nc2ccc(F)c(C)c2)CCNC1. The number of ether oxygens (including phenoxy) is 1. The Morgan fingerprint density at radius 1 is 1.58 bits per heavy atom. The Labute approximate surface area is 112 Å². The van der Waals surface area contributed by atoms with Crippen molar-refractivity contribution in [2.75, 3.05) is 32.1 Å². The van der Waals surface area contributed by atoms with Crippen LogP contribution in [0.15, 0.2) is 18.2 Å². The number of rotatable bonds is 4. The van der Waals surface area contributed by atoms with Crippen LogP contribution in [0.3, 0.4) is 0 Å². The van der Waals surface area contributed by atoms with Crippen LogP contribution in [0.1, 0.15) is 12.0 Å². The second kappa shape index (κ2) is 5.67. The molecule has 1 aromatic rings. The highest BCUT2D eigenvalue weighted by Crippen LogP contribution is 2.28. The summed E-state index contributed by atoms with van der Waals surface area (Å²) >= 11 is 0. The largest absolute Gasteiger partial charge is 0.384 e. The summed E-state index contributed by atoms with van der Waals surface area (Å²) < 4.78 is 18.4. The maximum Gasteiger partial charge on any atom is 0.234 e. The Bertz CT molecular complexity index is 471. The molecule has 1 saturated heterocycles. The van der Waals surface area contributed by atoms with Gasteiger partial charge in [-0.25, -0.2) is 4.39 Å². The van der Waals surface area contributed by atoms with Crippen LogP contribution in [0.5, 0.6) is 0 Å². The summed E-state index contributed by atoms with van der Waals surface area (Å²) in [6.07, 6.45) is 0.743. The van der Waals surface area contributed by atoms with Crippen molar-refractivity contribution in [2.24, 2.45) is 5.41 Å². The summed E-state index contributed by atoms with van der Waals surface area (Å²) in [6, 6.07) is 4.57. The first kappa shape index (κ1) is 14.0. The van der Waals surface area contributed by atoms with Crippen molar-refractivity contribution in [1.82, 2.24) is 5.32 Å². The number of amides is 1. The van der Waals surface area contributed by atoms with Crippen LogP contribution in [0, 0.1) is 18.2 Å². The van der Waals surface area contributed by atoms with Gasteiger partial charge in [0.15, 0.2) is 0 Å². The van der Waals surface area contributed by atoms with Crippen molar-refractivity contribution in [3.63, 3.8) is 0 Å². The van der Waals surface area contributed by atoms with E-state index in [1.807, 2.05) is 0 Å². The monoisotopic (exact) mass is 266 g/mol. The third kappa shape index (κ3) is 2.93. The van der Waals surface area contributed by atoms with Crippen LogP contribution in [0.4, 0.5) is 10.1 Å². The highest BCUT2D eigenvalue weighted by atomic mass is 19.1. The van der Waals surface area contributed by atoms with Gasteiger partial charge in [-0.05, 0) is 43.7 Å². The Morgan fingerprint density at radius 2 is 2.37 bits per heavy atom. The van der Waals surface area contributed by atoms with Gasteiger partial charge in [-0.15, -0.1) is 0 Å². The lowest BCUT2D eigenvalue weighted by Gasteiger charge is -2.26. The number of methoxy groups -OCH3 is 1. The molecular formula is C14H19FN2O2. The molecule has 1 fully saturated rings. The van der Waals surface area contributed by atoms with Crippen molar-refractivity contribution >= 4 is 11.6 Å². The highest BCUT2D eigenvalue weighted by Gasteiger charge is 2.41. The van der Waals surface area contributed by atoms with Crippen molar-refractivity contribution in [2.45, 2.75) is 13.3 Å². The second-order valence-electron chi connectivity index (χ2n) is 5.06. The van der Waals surface area contributed by atoms with E-state index in [1.165, 1.54) is 6.07 Å². The number of carbonyl (C=O) groups excluding carboxylic acids is 1. The van der Waals surface area contributed by atoms with Gasteiger partial charge in [0.1, 0.15) is 5.82 Å². The Hall–Kier alpha value is -1.46. The molecule has 1 amide bonds. The maximum absolute atomic E-state index is 13.2. The quantitative estimate of drug-likeness (QED) is 0.872. The van der Waals surface area contributed by atoms with E-state index in [0.29, 0.717) is 24.4 Å². The summed E-state index contributed by atoms with van der Waals surface area (Å²) in [5.74, 6) is -0.350. The number of anilines is 1. The standard InChI is InChI=1S/C14H19FN2O2/c1-10-7-11(3-4-12(10)15)17-13(18)14(9-19-2)5-6-16-8-14/h3-4,7,16H,5-6,8-9H2,1-2H3,(H,17,18). The first-order chi connectivity index (χ1) is 9.07. The average molecular weight is 266 g/mol. The van der Waals surface area contributed by atoms with Crippen molar-refractivity contribution in [3.8, 4) is 0 Å². The number of hydrogen-bond acceptors (Lipinski definition) is 3. The molecule has 5 heteroatoms. The lowest BCUT2D eigenvalue weighted by Crippen LogP contribution is -2.41. The zero-order chi connectivity index (χ0) is 13.9. The molecule has 0 spiro atoms. The van der Waals surface area contributed by atoms with Gasteiger partial charge in [-0.3, -0.25) is 4.79 Å². The molecule has 0 radical (unpaired) electrons. The summed E-state index contributed by atoms with van der Waals surface area (Å²) in [4.78, 5) is 12.4. The highest BCUT2D eigenvalue weighted by molar-refractivity contribution is 5.96. The topological polar surface area (TPSA) is 50.4 Å². The minimum absolute atomic E-state index is 0.0784. The second-order valence-corrected chi connectivity index (χ2v) is 5.06. The molecule has 1 atom stereocenters. The van der Waals surface area contributed by atoms with Gasteiger partial charge < -0.3 is 15.4 Å². The van der Waals surface area contributed by atoms with Crippen molar-refractivity contribution in [1.29, 1.82) is 0 Å². The summed E-state index contributed by atoms with van der Waals surface area (Å²) in [6.45, 7) is 3.46. The molecule has 1 unspecified atom stereocenters. The van der Waals surface area contributed by atoms with E-state index < -0.39 is 5.41 Å². The third-order valence-corrected chi connectivity index (χ3v) is 3.56. The Morgan fingerprint density at radius 3 is 2.95 bits per heavy atom. The molecule has 4 nitrogen and oxygen atoms in total. The molecule has 0 aromatic heterocycles. The zero-order valence-electron chi connectivity index (χ0n) is 11.3. The fraction of sp³-hybridized carbons (Fsp3) is 0.500. The molecule has 1 heterocycles. The van der Waals surface area contributed by atoms with Gasteiger partial charge in [0.25, 0.3) is 0 Å². The molecule has 2 rings (SSSR count). The van der Waals surface area contributed by atoms with Crippen LogP contribution >= 0.6 is 0 Å². The first-order valence-electron chi connectivity index (χ1n) is 6.35. The normalized spacial score (nSPS) is 22.5. The summed E-state index contributed by atoms with van der Waals surface area (Å²) in [5.41, 5.74) is 0.603. The number of halogens is 1. The Kier molecular flexibility index (Phi) is 4.17. The Balaban J connectivity index is 2.12. The van der Waals surface area contributed by atoms with E-state index in [9.17, 15) is 9.18 Å². The predicted molar refractivity (Wildman–Crippen MR) is 71.6 cm³/mol. The molecular weight excluding hydrogens is 247 g/mol. The number of carbonyl (C=O) groups is 1. The molecule has 2 N–H and O–H groups in total. The number of benzene rings is 1. The van der Waals surface area contributed by atoms with Crippen LogP contribution in [0.2, 0.25) is 0 Å². The average Bonchev–Trinajstić information content (AvgIpc) is 2.84. The van der Waals surface area contributed by atoms with Crippen LogP contribution in [0.25, 0.3) is 0 Å². The van der Waals surface area contributed by atoms with Gasteiger partial charge in [0.05, 0.1) is 12.0 Å². The molecule has 1 aliphatic rings. The molecule has 104 valence electrons. The van der Waals surface area contributed by atoms with Crippen LogP contribution < -0.4 is 10.6 Å². The van der Waals surface area contributed by atoms with Gasteiger partial charge in [-0.1, -0.05) is 0 Å². The molecule has 1 aromatic carbocycles. The van der Waals surface area contributed by atoms with E-state index in [4.69, 9.17) is 4.74 Å². The van der Waals surface area contributed by atoms with E-state index in [1.54, 1.807) is 26.2 Å². The smallest absolute Gasteiger partial charge is 0.234 e. The van der Waals surface area contributed by atoms with Crippen molar-refractivity contribution in [3.05, 3.63) is 29.6 Å². The van der Waals surface area contributed by atoms with Gasteiger partial charge in [-0.2, -0.15) is 0 Å². The summed E-state index contributed by atoms with van der Waals surface area (Å²) in [7, 11) is 1.59. The maximum atomic E-state index is 13.2. The lowest BCUT2D eigenvalue weighted by molar-refractivity contribution is -0.127. The van der Waals surface area contributed by atoms with E-state index in [-0.39, 0.29) is 11.7 Å². The van der Waals surface area contributed by atoms with Crippen LogP contribution in [-0.2, 0) is 9.53 Å². The van der Waals surface area contributed by atoms with E-state index in [0.717, 1.165) is 13.0 Å². The number of aryl methyl sites for hydroxylation is 1. The third-order valence-electron chi connectivity index (χ3n) is 3.56. The molecule has 19 heavy (non-hydrogen) atoms. The van der Waals surface area contributed by atoms with Crippen molar-refractivity contribution < 1.29 is 13.9 Å². The molecule has 1 aliphatic heterocycles. The summed E-state index contributed by atoms with van der Waals surface area (Å²) in [5, 5.41) is 6.04. The predicted octanol–water partition coefficient (Wildman–Crippen LogP) is 1.70. The fourth-order valence-corrected chi connectivity index (χ4v) is 2.39. The molecule has 0 aliphatic carbocycles. The van der Waals surface area contributed by atoms with E-state index >= 15 is 0 Å². The minimum Gasteiger partial charge on any atom is -0.384 e. The fourth-order valence-electron chi connectivity index (χ4n) is 2.39. The number of hydrogen-bond donors (Lipinski definition) is 2. The van der Waals surface area contributed by atoms with Crippen LogP contribution in [-0.4, -0.2) is 32.7 Å². The first-order valence-corrected chi connectivity index (χ1v) is 6.35. The number of nitrogens with one attached hydrogen (secondary N) is 2. The molecule has 0 saturated carbocycles. The van der Waals surface area contributed by atoms with Gasteiger partial charge in [0, 0.05) is 19.3 Å².